The second kappa shape index (κ2) is 7.88. The van der Waals surface area contributed by atoms with Gasteiger partial charge < -0.3 is 9.42 Å². The minimum Gasteiger partial charge on any atom is -0.355 e. The molecule has 0 atom stereocenters. The average molecular weight is 431 g/mol. The lowest BCUT2D eigenvalue weighted by Crippen LogP contribution is -2.52. The van der Waals surface area contributed by atoms with Gasteiger partial charge in [-0.25, -0.2) is 9.36 Å². The van der Waals surface area contributed by atoms with Crippen LogP contribution in [0.5, 0.6) is 0 Å². The van der Waals surface area contributed by atoms with E-state index in [1.165, 1.54) is 10.7 Å². The third kappa shape index (κ3) is 3.70. The minimum atomic E-state index is -0.197. The number of amides is 1. The van der Waals surface area contributed by atoms with Crippen LogP contribution in [-0.4, -0.2) is 53.6 Å². The van der Waals surface area contributed by atoms with E-state index < -0.39 is 0 Å². The van der Waals surface area contributed by atoms with Gasteiger partial charge in [-0.1, -0.05) is 5.16 Å². The van der Waals surface area contributed by atoms with Gasteiger partial charge in [-0.05, 0) is 38.1 Å². The fourth-order valence-corrected chi connectivity index (χ4v) is 3.82. The van der Waals surface area contributed by atoms with Gasteiger partial charge in [0.15, 0.2) is 17.3 Å². The van der Waals surface area contributed by atoms with E-state index in [9.17, 15) is 9.59 Å². The van der Waals surface area contributed by atoms with Gasteiger partial charge in [0.2, 0.25) is 0 Å². The molecule has 5 rings (SSSR count). The zero-order chi connectivity index (χ0) is 22.2. The van der Waals surface area contributed by atoms with Crippen LogP contribution in [0.3, 0.4) is 0 Å². The summed E-state index contributed by atoms with van der Waals surface area (Å²) in [5.74, 6) is 1.02. The van der Waals surface area contributed by atoms with Gasteiger partial charge >= 0.3 is 0 Å². The van der Waals surface area contributed by atoms with Gasteiger partial charge in [-0.15, -0.1) is 5.10 Å². The van der Waals surface area contributed by atoms with Crippen molar-refractivity contribution in [2.24, 2.45) is 5.92 Å². The van der Waals surface area contributed by atoms with E-state index in [2.05, 4.69) is 20.3 Å². The summed E-state index contributed by atoms with van der Waals surface area (Å²) in [4.78, 5) is 30.7. The largest absolute Gasteiger partial charge is 0.355 e. The maximum Gasteiger partial charge on any atom is 0.276 e. The molecule has 0 aliphatic carbocycles. The first-order valence-electron chi connectivity index (χ1n) is 10.3. The second-order valence-electron chi connectivity index (χ2n) is 7.95. The molecule has 1 saturated heterocycles. The fourth-order valence-electron chi connectivity index (χ4n) is 3.82. The van der Waals surface area contributed by atoms with E-state index in [0.29, 0.717) is 31.2 Å². The van der Waals surface area contributed by atoms with Gasteiger partial charge in [0, 0.05) is 54.8 Å². The minimum absolute atomic E-state index is 0.129. The summed E-state index contributed by atoms with van der Waals surface area (Å²) >= 11 is 0. The molecule has 1 fully saturated rings. The van der Waals surface area contributed by atoms with Crippen molar-refractivity contribution in [2.45, 2.75) is 20.4 Å². The molecule has 0 radical (unpaired) electrons. The standard InChI is InChI=1S/C22H21N7O3/c1-14-8-15(2)29(24-14)20-5-6-21(30)28(25-20)13-16-11-27(12-16)22(31)18-9-19(32-26-18)17-4-3-7-23-10-17/h3-10,16H,11-13H2,1-2H3. The lowest BCUT2D eigenvalue weighted by Gasteiger charge is -2.38. The highest BCUT2D eigenvalue weighted by atomic mass is 16.5. The molecule has 10 heteroatoms. The highest BCUT2D eigenvalue weighted by Crippen LogP contribution is 2.23. The first kappa shape index (κ1) is 19.9. The van der Waals surface area contributed by atoms with E-state index in [1.54, 1.807) is 40.2 Å². The van der Waals surface area contributed by atoms with Crippen LogP contribution in [0.15, 0.2) is 58.1 Å². The fraction of sp³-hybridized carbons (Fsp3) is 0.273. The molecule has 0 bridgehead atoms. The quantitative estimate of drug-likeness (QED) is 0.474. The highest BCUT2D eigenvalue weighted by Gasteiger charge is 2.33. The number of pyridine rings is 1. The van der Waals surface area contributed by atoms with Gasteiger partial charge in [0.1, 0.15) is 0 Å². The Balaban J connectivity index is 1.24. The maximum absolute atomic E-state index is 12.7. The van der Waals surface area contributed by atoms with Crippen LogP contribution in [0.2, 0.25) is 0 Å². The van der Waals surface area contributed by atoms with Gasteiger partial charge in [0.05, 0.1) is 12.2 Å². The molecular weight excluding hydrogens is 410 g/mol. The van der Waals surface area contributed by atoms with Gasteiger partial charge in [0.25, 0.3) is 11.5 Å². The molecule has 0 saturated carbocycles. The van der Waals surface area contributed by atoms with Crippen LogP contribution in [0.4, 0.5) is 0 Å². The summed E-state index contributed by atoms with van der Waals surface area (Å²) in [6, 6.07) is 10.4. The molecule has 0 N–H and O–H groups in total. The number of hydrogen-bond donors (Lipinski definition) is 0. The van der Waals surface area contributed by atoms with E-state index in [0.717, 1.165) is 17.0 Å². The van der Waals surface area contributed by atoms with Crippen molar-refractivity contribution in [2.75, 3.05) is 13.1 Å². The molecule has 10 nitrogen and oxygen atoms in total. The molecular formula is C22H21N7O3. The molecule has 162 valence electrons. The zero-order valence-corrected chi connectivity index (χ0v) is 17.7. The SMILES string of the molecule is Cc1cc(C)n(-c2ccc(=O)n(CC3CN(C(=O)c4cc(-c5cccnc5)on4)C3)n2)n1. The number of hydrogen-bond acceptors (Lipinski definition) is 7. The molecule has 4 aromatic heterocycles. The van der Waals surface area contributed by atoms with E-state index in [4.69, 9.17) is 4.52 Å². The van der Waals surface area contributed by atoms with Crippen LogP contribution in [-0.2, 0) is 6.54 Å². The van der Waals surface area contributed by atoms with Crippen molar-refractivity contribution >= 4 is 5.91 Å². The Hall–Kier alpha value is -4.08. The van der Waals surface area contributed by atoms with Crippen molar-refractivity contribution in [1.82, 2.24) is 34.6 Å². The first-order valence-corrected chi connectivity index (χ1v) is 10.3. The molecule has 0 unspecified atom stereocenters. The summed E-state index contributed by atoms with van der Waals surface area (Å²) in [6.45, 7) is 5.32. The third-order valence-corrected chi connectivity index (χ3v) is 5.43. The van der Waals surface area contributed by atoms with Gasteiger partial charge in [-0.2, -0.15) is 5.10 Å². The van der Waals surface area contributed by atoms with E-state index in [-0.39, 0.29) is 23.1 Å². The number of likely N-dealkylation sites (tertiary alicyclic amines) is 1. The maximum atomic E-state index is 12.7. The summed E-state index contributed by atoms with van der Waals surface area (Å²) < 4.78 is 8.45. The van der Waals surface area contributed by atoms with E-state index in [1.807, 2.05) is 26.0 Å². The molecule has 0 aromatic carbocycles. The molecule has 1 aliphatic heterocycles. The Morgan fingerprint density at radius 1 is 1.16 bits per heavy atom. The molecule has 1 amide bonds. The third-order valence-electron chi connectivity index (χ3n) is 5.43. The number of aromatic nitrogens is 6. The highest BCUT2D eigenvalue weighted by molar-refractivity contribution is 5.93. The van der Waals surface area contributed by atoms with Crippen molar-refractivity contribution in [3.8, 4) is 17.1 Å². The number of rotatable bonds is 5. The molecule has 4 aromatic rings. The Morgan fingerprint density at radius 3 is 2.72 bits per heavy atom. The van der Waals surface area contributed by atoms with Gasteiger partial charge in [-0.3, -0.25) is 14.6 Å². The normalized spacial score (nSPS) is 13.9. The van der Waals surface area contributed by atoms with Crippen LogP contribution in [0.25, 0.3) is 17.1 Å². The lowest BCUT2D eigenvalue weighted by atomic mass is 9.99. The number of nitrogens with zero attached hydrogens (tertiary/aromatic N) is 7. The number of aryl methyl sites for hydroxylation is 2. The molecule has 1 aliphatic rings. The second-order valence-corrected chi connectivity index (χ2v) is 7.95. The molecule has 0 spiro atoms. The summed E-state index contributed by atoms with van der Waals surface area (Å²) in [5.41, 5.74) is 2.66. The van der Waals surface area contributed by atoms with Crippen molar-refractivity contribution < 1.29 is 9.32 Å². The predicted molar refractivity (Wildman–Crippen MR) is 114 cm³/mol. The number of carbonyl (C=O) groups excluding carboxylic acids is 1. The Labute approximate surface area is 183 Å². The number of carbonyl (C=O) groups is 1. The van der Waals surface area contributed by atoms with E-state index >= 15 is 0 Å². The Kier molecular flexibility index (Phi) is 4.89. The monoisotopic (exact) mass is 431 g/mol. The van der Waals surface area contributed by atoms with Crippen molar-refractivity contribution in [3.05, 3.63) is 76.2 Å². The van der Waals surface area contributed by atoms with Crippen LogP contribution >= 0.6 is 0 Å². The Morgan fingerprint density at radius 2 is 2.00 bits per heavy atom. The molecule has 32 heavy (non-hydrogen) atoms. The zero-order valence-electron chi connectivity index (χ0n) is 17.7. The summed E-state index contributed by atoms with van der Waals surface area (Å²) in [5, 5.41) is 12.8. The Bertz CT molecular complexity index is 1330. The summed E-state index contributed by atoms with van der Waals surface area (Å²) in [6.07, 6.45) is 3.32. The smallest absolute Gasteiger partial charge is 0.276 e. The van der Waals surface area contributed by atoms with Crippen molar-refractivity contribution in [3.63, 3.8) is 0 Å². The first-order chi connectivity index (χ1) is 15.5. The summed E-state index contributed by atoms with van der Waals surface area (Å²) in [7, 11) is 0. The van der Waals surface area contributed by atoms with Crippen LogP contribution in [0.1, 0.15) is 21.9 Å². The topological polar surface area (TPSA) is 112 Å². The predicted octanol–water partition coefficient (Wildman–Crippen LogP) is 1.87. The van der Waals surface area contributed by atoms with Crippen LogP contribution in [0, 0.1) is 19.8 Å². The average Bonchev–Trinajstić information content (AvgIpc) is 3.38. The van der Waals surface area contributed by atoms with Crippen molar-refractivity contribution in [1.29, 1.82) is 0 Å². The lowest BCUT2D eigenvalue weighted by molar-refractivity contribution is 0.0448. The van der Waals surface area contributed by atoms with Crippen LogP contribution < -0.4 is 5.56 Å². The molecule has 5 heterocycles.